The lowest BCUT2D eigenvalue weighted by atomic mass is 9.84. The highest BCUT2D eigenvalue weighted by Crippen LogP contribution is 2.39. The van der Waals surface area contributed by atoms with Gasteiger partial charge < -0.3 is 20.7 Å². The van der Waals surface area contributed by atoms with Crippen LogP contribution < -0.4 is 20.7 Å². The van der Waals surface area contributed by atoms with Crippen molar-refractivity contribution in [2.45, 2.75) is 76.5 Å². The first kappa shape index (κ1) is 23.3. The molecule has 0 unspecified atom stereocenters. The van der Waals surface area contributed by atoms with Crippen LogP contribution in [0.3, 0.4) is 0 Å². The van der Waals surface area contributed by atoms with Crippen LogP contribution in [0.1, 0.15) is 76.0 Å². The topological polar surface area (TPSA) is 91.4 Å². The number of nitrogens with zero attached hydrogens (tertiary/aromatic N) is 1. The van der Waals surface area contributed by atoms with Gasteiger partial charge in [0.2, 0.25) is 6.10 Å². The summed E-state index contributed by atoms with van der Waals surface area (Å²) < 4.78 is 6.11. The predicted octanol–water partition coefficient (Wildman–Crippen LogP) is 4.92. The number of benzene rings is 2. The molecule has 0 aromatic heterocycles. The molecule has 1 amide bonds. The van der Waals surface area contributed by atoms with Gasteiger partial charge in [0.25, 0.3) is 5.91 Å². The zero-order valence-electron chi connectivity index (χ0n) is 19.8. The minimum atomic E-state index is -0.731. The first-order valence-electron chi connectivity index (χ1n) is 12.2. The monoisotopic (exact) mass is 448 g/mol. The second kappa shape index (κ2) is 9.96. The number of rotatable bonds is 8. The summed E-state index contributed by atoms with van der Waals surface area (Å²) in [6.45, 7) is 5.30. The quantitative estimate of drug-likeness (QED) is 0.304. The Morgan fingerprint density at radius 3 is 2.82 bits per heavy atom. The maximum absolute atomic E-state index is 13.5. The van der Waals surface area contributed by atoms with Crippen LogP contribution in [0, 0.1) is 5.41 Å². The number of amides is 1. The number of unbranched alkanes of at least 4 members (excludes halogenated alkanes) is 2. The van der Waals surface area contributed by atoms with E-state index < -0.39 is 6.10 Å². The van der Waals surface area contributed by atoms with E-state index in [1.165, 1.54) is 25.7 Å². The van der Waals surface area contributed by atoms with Gasteiger partial charge in [0.05, 0.1) is 5.69 Å². The van der Waals surface area contributed by atoms with Gasteiger partial charge in [-0.2, -0.15) is 0 Å². The second-order valence-corrected chi connectivity index (χ2v) is 9.80. The zero-order valence-corrected chi connectivity index (χ0v) is 19.8. The lowest BCUT2D eigenvalue weighted by Gasteiger charge is -2.39. The van der Waals surface area contributed by atoms with Crippen LogP contribution in [0.5, 0.6) is 5.75 Å². The summed E-state index contributed by atoms with van der Waals surface area (Å²) in [5.74, 6) is 0.625. The number of hydrogen-bond donors (Lipinski definition) is 3. The number of carbonyl (C=O) groups excluding carboxylic acids is 1. The van der Waals surface area contributed by atoms with Gasteiger partial charge in [-0.25, -0.2) is 0 Å². The van der Waals surface area contributed by atoms with Gasteiger partial charge in [0.1, 0.15) is 11.6 Å². The van der Waals surface area contributed by atoms with Crippen LogP contribution in [0.25, 0.3) is 0 Å². The van der Waals surface area contributed by atoms with Crippen molar-refractivity contribution in [1.29, 1.82) is 5.41 Å². The smallest absolute Gasteiger partial charge is 0.272 e. The Morgan fingerprint density at radius 1 is 1.21 bits per heavy atom. The lowest BCUT2D eigenvalue weighted by molar-refractivity contribution is -0.126. The maximum Gasteiger partial charge on any atom is 0.272 e. The highest BCUT2D eigenvalue weighted by molar-refractivity contribution is 6.01. The lowest BCUT2D eigenvalue weighted by Crippen LogP contribution is -2.50. The van der Waals surface area contributed by atoms with Gasteiger partial charge in [-0.1, -0.05) is 49.6 Å². The molecular formula is C27H36N4O2. The third kappa shape index (κ3) is 5.38. The number of nitrogens with one attached hydrogen (secondary N) is 2. The van der Waals surface area contributed by atoms with Crippen LogP contribution in [0.4, 0.5) is 5.69 Å². The molecule has 4 rings (SSSR count). The molecule has 2 aliphatic heterocycles. The van der Waals surface area contributed by atoms with E-state index >= 15 is 0 Å². The van der Waals surface area contributed by atoms with Crippen molar-refractivity contribution in [2.75, 3.05) is 11.4 Å². The third-order valence-electron chi connectivity index (χ3n) is 6.96. The summed E-state index contributed by atoms with van der Waals surface area (Å²) in [5, 5.41) is 11.5. The largest absolute Gasteiger partial charge is 0.474 e. The number of carbonyl (C=O) groups is 1. The van der Waals surface area contributed by atoms with Gasteiger partial charge in [-0.15, -0.1) is 0 Å². The zero-order chi connectivity index (χ0) is 23.4. The molecule has 0 aliphatic carbocycles. The van der Waals surface area contributed by atoms with E-state index in [2.05, 4.69) is 19.2 Å². The van der Waals surface area contributed by atoms with Gasteiger partial charge >= 0.3 is 0 Å². The molecule has 0 radical (unpaired) electrons. The van der Waals surface area contributed by atoms with E-state index in [0.29, 0.717) is 23.9 Å². The number of fused-ring (bicyclic) bond motifs is 1. The SMILES string of the molecule is C[C@H]1CCC[C@@](C)(CCCCCN2C(=O)[C@@H](c3cccc(C(=N)N)c3)Oc3ccccc32)N1. The fourth-order valence-corrected chi connectivity index (χ4v) is 5.22. The van der Waals surface area contributed by atoms with Crippen molar-refractivity contribution < 1.29 is 9.53 Å². The Balaban J connectivity index is 1.42. The molecule has 2 aromatic rings. The Hall–Kier alpha value is -2.86. The van der Waals surface area contributed by atoms with Gasteiger partial charge in [-0.05, 0) is 57.7 Å². The van der Waals surface area contributed by atoms with E-state index in [9.17, 15) is 4.79 Å². The Kier molecular flexibility index (Phi) is 7.03. The predicted molar refractivity (Wildman–Crippen MR) is 133 cm³/mol. The highest BCUT2D eigenvalue weighted by atomic mass is 16.5. The number of nitrogen functional groups attached to an aromatic ring is 1. The minimum Gasteiger partial charge on any atom is -0.474 e. The third-order valence-corrected chi connectivity index (χ3v) is 6.96. The first-order chi connectivity index (χ1) is 15.9. The number of hydrogen-bond acceptors (Lipinski definition) is 4. The average Bonchev–Trinajstić information content (AvgIpc) is 2.79. The van der Waals surface area contributed by atoms with E-state index in [-0.39, 0.29) is 17.3 Å². The second-order valence-electron chi connectivity index (χ2n) is 9.80. The maximum atomic E-state index is 13.5. The summed E-state index contributed by atoms with van der Waals surface area (Å²) in [5.41, 5.74) is 8.04. The van der Waals surface area contributed by atoms with Crippen molar-refractivity contribution in [3.63, 3.8) is 0 Å². The molecule has 1 saturated heterocycles. The number of piperidine rings is 1. The summed E-state index contributed by atoms with van der Waals surface area (Å²) >= 11 is 0. The molecular weight excluding hydrogens is 412 g/mol. The fraction of sp³-hybridized carbons (Fsp3) is 0.481. The molecule has 2 aromatic carbocycles. The summed E-state index contributed by atoms with van der Waals surface area (Å²) in [7, 11) is 0. The number of para-hydroxylation sites is 2. The molecule has 0 saturated carbocycles. The minimum absolute atomic E-state index is 0.0205. The number of ether oxygens (including phenoxy) is 1. The van der Waals surface area contributed by atoms with Crippen LogP contribution in [0.2, 0.25) is 0 Å². The van der Waals surface area contributed by atoms with Gasteiger partial charge in [-0.3, -0.25) is 10.2 Å². The van der Waals surface area contributed by atoms with Crippen LogP contribution in [0.15, 0.2) is 48.5 Å². The highest BCUT2D eigenvalue weighted by Gasteiger charge is 2.35. The Morgan fingerprint density at radius 2 is 2.03 bits per heavy atom. The Labute approximate surface area is 197 Å². The van der Waals surface area contributed by atoms with E-state index in [0.717, 1.165) is 30.5 Å². The van der Waals surface area contributed by atoms with Crippen molar-refractivity contribution in [1.82, 2.24) is 5.32 Å². The molecule has 6 heteroatoms. The standard InChI is InChI=1S/C27H36N4O2/c1-19-10-9-16-27(2,30-19)15-6-3-7-17-31-22-13-4-5-14-23(22)33-24(26(31)32)20-11-8-12-21(18-20)25(28)29/h4-5,8,11-14,18-19,24,30H,3,6-7,9-10,15-17H2,1-2H3,(H3,28,29)/t19-,24+,27+/m0/s1. The molecule has 0 bridgehead atoms. The summed E-state index contributed by atoms with van der Waals surface area (Å²) in [4.78, 5) is 15.3. The van der Waals surface area contributed by atoms with E-state index in [4.69, 9.17) is 15.9 Å². The molecule has 2 aliphatic rings. The van der Waals surface area contributed by atoms with Crippen molar-refractivity contribution >= 4 is 17.4 Å². The molecule has 0 spiro atoms. The molecule has 4 N–H and O–H groups in total. The molecule has 176 valence electrons. The van der Waals surface area contributed by atoms with Crippen molar-refractivity contribution in [3.8, 4) is 5.75 Å². The van der Waals surface area contributed by atoms with Crippen LogP contribution in [-0.2, 0) is 4.79 Å². The van der Waals surface area contributed by atoms with E-state index in [1.54, 1.807) is 12.1 Å². The van der Waals surface area contributed by atoms with Crippen molar-refractivity contribution in [3.05, 3.63) is 59.7 Å². The van der Waals surface area contributed by atoms with Gasteiger partial charge in [0, 0.05) is 29.3 Å². The summed E-state index contributed by atoms with van der Waals surface area (Å²) in [6.07, 6.45) is 7.45. The average molecular weight is 449 g/mol. The van der Waals surface area contributed by atoms with Crippen molar-refractivity contribution in [2.24, 2.45) is 5.73 Å². The van der Waals surface area contributed by atoms with Crippen LogP contribution >= 0.6 is 0 Å². The molecule has 3 atom stereocenters. The number of nitrogens with two attached hydrogens (primary N) is 1. The number of amidine groups is 1. The van der Waals surface area contributed by atoms with Gasteiger partial charge in [0.15, 0.2) is 0 Å². The molecule has 1 fully saturated rings. The molecule has 2 heterocycles. The van der Waals surface area contributed by atoms with E-state index in [1.807, 2.05) is 41.3 Å². The van der Waals surface area contributed by atoms with Crippen LogP contribution in [-0.4, -0.2) is 29.9 Å². The normalized spacial score (nSPS) is 24.8. The molecule has 33 heavy (non-hydrogen) atoms. The number of anilines is 1. The fourth-order valence-electron chi connectivity index (χ4n) is 5.22. The summed E-state index contributed by atoms with van der Waals surface area (Å²) in [6, 6.07) is 15.5. The Bertz CT molecular complexity index is 1010. The first-order valence-corrected chi connectivity index (χ1v) is 12.2. The molecule has 6 nitrogen and oxygen atoms in total.